The molecule has 7 nitrogen and oxygen atoms in total. The molecule has 2 rings (SSSR count). The number of aliphatic imine (C=N–C) groups is 1. The Morgan fingerprint density at radius 1 is 1.42 bits per heavy atom. The van der Waals surface area contributed by atoms with E-state index >= 15 is 0 Å². The molecule has 0 spiro atoms. The van der Waals surface area contributed by atoms with E-state index in [-0.39, 0.29) is 29.5 Å². The number of halogens is 3. The highest BCUT2D eigenvalue weighted by atomic mass is 19.4. The van der Waals surface area contributed by atoms with Gasteiger partial charge in [-0.25, -0.2) is 0 Å². The minimum absolute atomic E-state index is 0.0637. The van der Waals surface area contributed by atoms with E-state index in [9.17, 15) is 18.0 Å². The van der Waals surface area contributed by atoms with Crippen molar-refractivity contribution in [1.29, 1.82) is 0 Å². The summed E-state index contributed by atoms with van der Waals surface area (Å²) in [5.41, 5.74) is -0.975. The Morgan fingerprint density at radius 3 is 2.69 bits per heavy atom. The Bertz CT molecular complexity index is 622. The number of alkyl halides is 3. The molecule has 1 fully saturated rings. The number of carbonyl (C=O) groups excluding carboxylic acids is 1. The second kappa shape index (κ2) is 9.02. The fraction of sp³-hybridized carbons (Fsp3) is 0.688. The Hall–Kier alpha value is -2.10. The van der Waals surface area contributed by atoms with E-state index in [1.807, 2.05) is 18.9 Å². The lowest BCUT2D eigenvalue weighted by Gasteiger charge is -2.21. The number of ether oxygens (including phenoxy) is 1. The van der Waals surface area contributed by atoms with Crippen molar-refractivity contribution in [1.82, 2.24) is 15.5 Å². The standard InChI is InChI=1S/C16H24F3N5O2/c1-10(2)9-20-15(21-13-8-12(23-24-13)16(17,18)19)22-14(25)7-11-3-5-26-6-4-11/h8,10-11H,3-7,9H2,1-2H3,(H3,20,21,22,23,24,25). The van der Waals surface area contributed by atoms with Crippen molar-refractivity contribution in [3.63, 3.8) is 0 Å². The second-order valence-electron chi connectivity index (χ2n) is 6.68. The first-order valence-electron chi connectivity index (χ1n) is 8.55. The number of aromatic nitrogens is 2. The minimum Gasteiger partial charge on any atom is -0.381 e. The number of amides is 1. The van der Waals surface area contributed by atoms with Crippen LogP contribution >= 0.6 is 0 Å². The average molecular weight is 375 g/mol. The molecule has 3 N–H and O–H groups in total. The third-order valence-electron chi connectivity index (χ3n) is 3.82. The molecule has 0 saturated carbocycles. The molecule has 1 aliphatic heterocycles. The highest BCUT2D eigenvalue weighted by Crippen LogP contribution is 2.28. The normalized spacial score (nSPS) is 16.8. The number of hydrogen-bond acceptors (Lipinski definition) is 4. The van der Waals surface area contributed by atoms with Crippen LogP contribution in [0.5, 0.6) is 0 Å². The number of nitrogens with one attached hydrogen (secondary N) is 3. The quantitative estimate of drug-likeness (QED) is 0.545. The number of hydrogen-bond donors (Lipinski definition) is 3. The van der Waals surface area contributed by atoms with E-state index in [2.05, 4.69) is 20.7 Å². The summed E-state index contributed by atoms with van der Waals surface area (Å²) >= 11 is 0. The molecule has 0 bridgehead atoms. The molecular formula is C16H24F3N5O2. The summed E-state index contributed by atoms with van der Waals surface area (Å²) in [6.45, 7) is 5.58. The lowest BCUT2D eigenvalue weighted by molar-refractivity contribution is -0.141. The molecule has 1 amide bonds. The number of H-pyrrole nitrogens is 1. The predicted octanol–water partition coefficient (Wildman–Crippen LogP) is 2.79. The van der Waals surface area contributed by atoms with Crippen LogP contribution in [0.15, 0.2) is 11.1 Å². The molecule has 26 heavy (non-hydrogen) atoms. The third kappa shape index (κ3) is 6.66. The van der Waals surface area contributed by atoms with Gasteiger partial charge in [0.05, 0.1) is 0 Å². The van der Waals surface area contributed by atoms with Gasteiger partial charge in [-0.15, -0.1) is 0 Å². The number of guanidine groups is 1. The van der Waals surface area contributed by atoms with E-state index in [0.29, 0.717) is 26.2 Å². The Morgan fingerprint density at radius 2 is 2.12 bits per heavy atom. The first-order valence-corrected chi connectivity index (χ1v) is 8.55. The molecule has 0 aliphatic carbocycles. The van der Waals surface area contributed by atoms with Crippen LogP contribution in [0.25, 0.3) is 0 Å². The van der Waals surface area contributed by atoms with Crippen LogP contribution in [0.1, 0.15) is 38.8 Å². The van der Waals surface area contributed by atoms with Gasteiger partial charge in [-0.3, -0.25) is 20.2 Å². The van der Waals surface area contributed by atoms with E-state index in [4.69, 9.17) is 4.74 Å². The Labute approximate surface area is 149 Å². The highest BCUT2D eigenvalue weighted by Gasteiger charge is 2.33. The monoisotopic (exact) mass is 375 g/mol. The molecule has 1 aromatic rings. The number of rotatable bonds is 5. The largest absolute Gasteiger partial charge is 0.432 e. The minimum atomic E-state index is -4.52. The molecular weight excluding hydrogens is 351 g/mol. The van der Waals surface area contributed by atoms with E-state index in [1.54, 1.807) is 0 Å². The summed E-state index contributed by atoms with van der Waals surface area (Å²) in [6.07, 6.45) is -2.57. The Kier molecular flexibility index (Phi) is 7.01. The van der Waals surface area contributed by atoms with Crippen molar-refractivity contribution >= 4 is 17.7 Å². The van der Waals surface area contributed by atoms with Gasteiger partial charge in [0.1, 0.15) is 5.69 Å². The maximum Gasteiger partial charge on any atom is 0.432 e. The van der Waals surface area contributed by atoms with Crippen LogP contribution < -0.4 is 10.6 Å². The van der Waals surface area contributed by atoms with Crippen LogP contribution in [-0.4, -0.2) is 41.8 Å². The summed E-state index contributed by atoms with van der Waals surface area (Å²) in [5.74, 6) is 0.252. The fourth-order valence-corrected chi connectivity index (χ4v) is 2.43. The van der Waals surface area contributed by atoms with Gasteiger partial charge in [-0.05, 0) is 24.7 Å². The van der Waals surface area contributed by atoms with Crippen LogP contribution in [0.4, 0.5) is 19.0 Å². The first-order chi connectivity index (χ1) is 12.2. The lowest BCUT2D eigenvalue weighted by atomic mass is 9.96. The maximum absolute atomic E-state index is 12.7. The summed E-state index contributed by atoms with van der Waals surface area (Å²) in [7, 11) is 0. The molecule has 10 heteroatoms. The average Bonchev–Trinajstić information content (AvgIpc) is 3.02. The van der Waals surface area contributed by atoms with Crippen LogP contribution in [0.2, 0.25) is 0 Å². The zero-order valence-electron chi connectivity index (χ0n) is 14.8. The number of nitrogens with zero attached hydrogens (tertiary/aromatic N) is 2. The second-order valence-corrected chi connectivity index (χ2v) is 6.68. The van der Waals surface area contributed by atoms with Gasteiger partial charge in [-0.2, -0.15) is 18.3 Å². The number of carbonyl (C=O) groups is 1. The van der Waals surface area contributed by atoms with E-state index in [0.717, 1.165) is 18.9 Å². The van der Waals surface area contributed by atoms with Gasteiger partial charge < -0.3 is 10.1 Å². The van der Waals surface area contributed by atoms with Crippen molar-refractivity contribution in [3.8, 4) is 0 Å². The van der Waals surface area contributed by atoms with Crippen molar-refractivity contribution in [2.24, 2.45) is 16.8 Å². The number of anilines is 1. The lowest BCUT2D eigenvalue weighted by Crippen LogP contribution is -2.38. The van der Waals surface area contributed by atoms with Crippen LogP contribution in [0, 0.1) is 11.8 Å². The molecule has 2 heterocycles. The topological polar surface area (TPSA) is 91.4 Å². The van der Waals surface area contributed by atoms with Crippen molar-refractivity contribution in [2.75, 3.05) is 25.1 Å². The molecule has 0 aromatic carbocycles. The SMILES string of the molecule is CC(C)CN=C(NC(=O)CC1CCOCC1)Nc1cc(C(F)(F)F)[nH]n1. The van der Waals surface area contributed by atoms with Gasteiger partial charge in [0.2, 0.25) is 11.9 Å². The molecule has 1 saturated heterocycles. The van der Waals surface area contributed by atoms with Gasteiger partial charge in [0, 0.05) is 32.2 Å². The van der Waals surface area contributed by atoms with Crippen LogP contribution in [-0.2, 0) is 15.7 Å². The third-order valence-corrected chi connectivity index (χ3v) is 3.82. The van der Waals surface area contributed by atoms with E-state index < -0.39 is 11.9 Å². The molecule has 0 unspecified atom stereocenters. The van der Waals surface area contributed by atoms with Crippen molar-refractivity contribution in [3.05, 3.63) is 11.8 Å². The maximum atomic E-state index is 12.7. The Balaban J connectivity index is 1.99. The first kappa shape index (κ1) is 20.2. The van der Waals surface area contributed by atoms with Crippen LogP contribution in [0.3, 0.4) is 0 Å². The van der Waals surface area contributed by atoms with Crippen molar-refractivity contribution < 1.29 is 22.7 Å². The fourth-order valence-electron chi connectivity index (χ4n) is 2.43. The zero-order valence-corrected chi connectivity index (χ0v) is 14.8. The summed E-state index contributed by atoms with van der Waals surface area (Å²) in [4.78, 5) is 16.5. The molecule has 146 valence electrons. The summed E-state index contributed by atoms with van der Waals surface area (Å²) in [5, 5.41) is 10.8. The van der Waals surface area contributed by atoms with Gasteiger partial charge in [0.15, 0.2) is 5.82 Å². The smallest absolute Gasteiger partial charge is 0.381 e. The predicted molar refractivity (Wildman–Crippen MR) is 90.7 cm³/mol. The molecule has 1 aromatic heterocycles. The number of aromatic amines is 1. The van der Waals surface area contributed by atoms with E-state index in [1.165, 1.54) is 0 Å². The van der Waals surface area contributed by atoms with Gasteiger partial charge in [0.25, 0.3) is 0 Å². The molecule has 0 radical (unpaired) electrons. The molecule has 1 aliphatic rings. The highest BCUT2D eigenvalue weighted by molar-refractivity contribution is 6.03. The molecule has 0 atom stereocenters. The summed E-state index contributed by atoms with van der Waals surface area (Å²) in [6, 6.07) is 0.829. The van der Waals surface area contributed by atoms with Gasteiger partial charge in [-0.1, -0.05) is 13.8 Å². The van der Waals surface area contributed by atoms with Gasteiger partial charge >= 0.3 is 6.18 Å². The summed E-state index contributed by atoms with van der Waals surface area (Å²) < 4.78 is 43.2. The zero-order chi connectivity index (χ0) is 19.2. The van der Waals surface area contributed by atoms with Crippen molar-refractivity contribution in [2.45, 2.75) is 39.3 Å².